The van der Waals surface area contributed by atoms with Gasteiger partial charge in [0.2, 0.25) is 5.91 Å². The highest BCUT2D eigenvalue weighted by atomic mass is 16.2. The molecule has 1 heterocycles. The van der Waals surface area contributed by atoms with E-state index in [2.05, 4.69) is 20.8 Å². The van der Waals surface area contributed by atoms with Crippen LogP contribution in [0.25, 0.3) is 0 Å². The topological polar surface area (TPSA) is 86.9 Å². The lowest BCUT2D eigenvalue weighted by Gasteiger charge is -2.10. The number of carbonyl (C=O) groups is 2. The lowest BCUT2D eigenvalue weighted by molar-refractivity contribution is -0.114. The number of amides is 2. The maximum Gasteiger partial charge on any atom is 0.276 e. The van der Waals surface area contributed by atoms with Gasteiger partial charge in [-0.05, 0) is 37.1 Å². The molecule has 0 unspecified atom stereocenters. The van der Waals surface area contributed by atoms with Crippen molar-refractivity contribution in [3.8, 4) is 0 Å². The second-order valence-electron chi connectivity index (χ2n) is 4.80. The Morgan fingerprint density at radius 2 is 2.00 bits per heavy atom. The lowest BCUT2D eigenvalue weighted by atomic mass is 10.1. The molecular weight excluding hydrogens is 268 g/mol. The summed E-state index contributed by atoms with van der Waals surface area (Å²) in [5.41, 5.74) is 3.44. The summed E-state index contributed by atoms with van der Waals surface area (Å²) in [6, 6.07) is 7.07. The van der Waals surface area contributed by atoms with Gasteiger partial charge in [0.25, 0.3) is 5.91 Å². The second-order valence-corrected chi connectivity index (χ2v) is 4.80. The monoisotopic (exact) mass is 286 g/mol. The Labute approximate surface area is 122 Å². The number of hydrogen-bond donors (Lipinski definition) is 3. The van der Waals surface area contributed by atoms with Crippen molar-refractivity contribution in [1.29, 1.82) is 0 Å². The van der Waals surface area contributed by atoms with Crippen molar-refractivity contribution in [2.24, 2.45) is 0 Å². The van der Waals surface area contributed by atoms with Crippen LogP contribution in [0.15, 0.2) is 24.3 Å². The summed E-state index contributed by atoms with van der Waals surface area (Å²) in [5, 5.41) is 12.3. The van der Waals surface area contributed by atoms with Crippen LogP contribution in [0.5, 0.6) is 0 Å². The van der Waals surface area contributed by atoms with Gasteiger partial charge in [0.05, 0.1) is 0 Å². The van der Waals surface area contributed by atoms with E-state index >= 15 is 0 Å². The molecular formula is C15H18N4O2. The molecule has 0 saturated carbocycles. The van der Waals surface area contributed by atoms with Gasteiger partial charge in [0.1, 0.15) is 0 Å². The molecule has 1 aromatic carbocycles. The van der Waals surface area contributed by atoms with Gasteiger partial charge in [-0.3, -0.25) is 14.7 Å². The first-order valence-corrected chi connectivity index (χ1v) is 6.73. The molecule has 0 spiro atoms. The van der Waals surface area contributed by atoms with Crippen molar-refractivity contribution in [2.45, 2.75) is 27.2 Å². The third-order valence-corrected chi connectivity index (χ3v) is 3.05. The van der Waals surface area contributed by atoms with Crippen molar-refractivity contribution in [3.63, 3.8) is 0 Å². The first-order chi connectivity index (χ1) is 9.99. The van der Waals surface area contributed by atoms with Crippen molar-refractivity contribution < 1.29 is 9.59 Å². The zero-order valence-electron chi connectivity index (χ0n) is 12.3. The Bertz CT molecular complexity index is 676. The van der Waals surface area contributed by atoms with Gasteiger partial charge < -0.3 is 10.6 Å². The standard InChI is InChI=1S/C15H18N4O2/c1-4-11-7-14(19-18-11)15(21)17-13-8-12(16-10(3)20)6-5-9(13)2/h5-8H,4H2,1-3H3,(H,16,20)(H,17,21)(H,18,19). The Morgan fingerprint density at radius 1 is 1.24 bits per heavy atom. The minimum absolute atomic E-state index is 0.156. The molecule has 21 heavy (non-hydrogen) atoms. The normalized spacial score (nSPS) is 10.2. The molecule has 0 aliphatic rings. The molecule has 1 aromatic heterocycles. The number of H-pyrrole nitrogens is 1. The summed E-state index contributed by atoms with van der Waals surface area (Å²) in [4.78, 5) is 23.2. The third kappa shape index (κ3) is 3.68. The van der Waals surface area contributed by atoms with E-state index in [0.29, 0.717) is 17.1 Å². The van der Waals surface area contributed by atoms with E-state index in [1.807, 2.05) is 19.9 Å². The number of nitrogens with zero attached hydrogens (tertiary/aromatic N) is 1. The van der Waals surface area contributed by atoms with Crippen LogP contribution in [-0.4, -0.2) is 22.0 Å². The Kier molecular flexibility index (Phi) is 4.37. The molecule has 0 radical (unpaired) electrons. The third-order valence-electron chi connectivity index (χ3n) is 3.05. The molecule has 0 aliphatic heterocycles. The number of anilines is 2. The van der Waals surface area contributed by atoms with Crippen LogP contribution < -0.4 is 10.6 Å². The van der Waals surface area contributed by atoms with Gasteiger partial charge in [0.15, 0.2) is 5.69 Å². The average Bonchev–Trinajstić information content (AvgIpc) is 2.91. The number of aromatic amines is 1. The molecule has 0 aliphatic carbocycles. The van der Waals surface area contributed by atoms with E-state index in [1.165, 1.54) is 6.92 Å². The van der Waals surface area contributed by atoms with Crippen LogP contribution in [0.3, 0.4) is 0 Å². The fourth-order valence-electron chi connectivity index (χ4n) is 1.88. The zero-order valence-corrected chi connectivity index (χ0v) is 12.3. The number of aromatic nitrogens is 2. The van der Waals surface area contributed by atoms with Crippen LogP contribution in [0.4, 0.5) is 11.4 Å². The molecule has 6 heteroatoms. The highest BCUT2D eigenvalue weighted by Gasteiger charge is 2.12. The number of rotatable bonds is 4. The van der Waals surface area contributed by atoms with Gasteiger partial charge in [-0.25, -0.2) is 0 Å². The van der Waals surface area contributed by atoms with E-state index in [4.69, 9.17) is 0 Å². The van der Waals surface area contributed by atoms with Gasteiger partial charge >= 0.3 is 0 Å². The minimum atomic E-state index is -0.283. The van der Waals surface area contributed by atoms with Crippen molar-refractivity contribution in [2.75, 3.05) is 10.6 Å². The summed E-state index contributed by atoms with van der Waals surface area (Å²) < 4.78 is 0. The van der Waals surface area contributed by atoms with E-state index in [9.17, 15) is 9.59 Å². The maximum atomic E-state index is 12.1. The second kappa shape index (κ2) is 6.21. The molecule has 2 aromatic rings. The van der Waals surface area contributed by atoms with Crippen molar-refractivity contribution in [3.05, 3.63) is 41.2 Å². The number of carbonyl (C=O) groups excluding carboxylic acids is 2. The largest absolute Gasteiger partial charge is 0.326 e. The van der Waals surface area contributed by atoms with Crippen LogP contribution in [0, 0.1) is 6.92 Å². The van der Waals surface area contributed by atoms with Crippen molar-refractivity contribution >= 4 is 23.2 Å². The maximum absolute atomic E-state index is 12.1. The van der Waals surface area contributed by atoms with Crippen molar-refractivity contribution in [1.82, 2.24) is 10.2 Å². The fourth-order valence-corrected chi connectivity index (χ4v) is 1.88. The SMILES string of the molecule is CCc1cc(C(=O)Nc2cc(NC(C)=O)ccc2C)n[nH]1. The predicted octanol–water partition coefficient (Wildman–Crippen LogP) is 2.49. The Morgan fingerprint density at radius 3 is 2.62 bits per heavy atom. The summed E-state index contributed by atoms with van der Waals surface area (Å²) in [6.45, 7) is 5.31. The molecule has 110 valence electrons. The van der Waals surface area contributed by atoms with Crippen LogP contribution >= 0.6 is 0 Å². The first-order valence-electron chi connectivity index (χ1n) is 6.73. The first kappa shape index (κ1) is 14.8. The summed E-state index contributed by atoms with van der Waals surface area (Å²) in [5.74, 6) is -0.440. The van der Waals surface area contributed by atoms with Gasteiger partial charge in [-0.2, -0.15) is 5.10 Å². The van der Waals surface area contributed by atoms with Gasteiger partial charge in [-0.15, -0.1) is 0 Å². The van der Waals surface area contributed by atoms with E-state index in [-0.39, 0.29) is 11.8 Å². The number of aryl methyl sites for hydroxylation is 2. The smallest absolute Gasteiger partial charge is 0.276 e. The Hall–Kier alpha value is -2.63. The minimum Gasteiger partial charge on any atom is -0.326 e. The zero-order chi connectivity index (χ0) is 15.4. The number of benzene rings is 1. The fraction of sp³-hybridized carbons (Fsp3) is 0.267. The van der Waals surface area contributed by atoms with Crippen LogP contribution in [0.1, 0.15) is 35.6 Å². The predicted molar refractivity (Wildman–Crippen MR) is 81.4 cm³/mol. The van der Waals surface area contributed by atoms with E-state index < -0.39 is 0 Å². The average molecular weight is 286 g/mol. The molecule has 0 bridgehead atoms. The molecule has 2 rings (SSSR count). The number of hydrogen-bond acceptors (Lipinski definition) is 3. The summed E-state index contributed by atoms with van der Waals surface area (Å²) in [7, 11) is 0. The highest BCUT2D eigenvalue weighted by Crippen LogP contribution is 2.21. The quantitative estimate of drug-likeness (QED) is 0.807. The molecule has 0 saturated heterocycles. The molecule has 6 nitrogen and oxygen atoms in total. The molecule has 0 atom stereocenters. The Balaban J connectivity index is 2.17. The van der Waals surface area contributed by atoms with Crippen LogP contribution in [-0.2, 0) is 11.2 Å². The highest BCUT2D eigenvalue weighted by molar-refractivity contribution is 6.03. The van der Waals surface area contributed by atoms with Gasteiger partial charge in [0, 0.05) is 24.0 Å². The lowest BCUT2D eigenvalue weighted by Crippen LogP contribution is -2.14. The van der Waals surface area contributed by atoms with E-state index in [0.717, 1.165) is 17.7 Å². The van der Waals surface area contributed by atoms with Gasteiger partial charge in [-0.1, -0.05) is 13.0 Å². The summed E-state index contributed by atoms with van der Waals surface area (Å²) >= 11 is 0. The van der Waals surface area contributed by atoms with E-state index in [1.54, 1.807) is 18.2 Å². The van der Waals surface area contributed by atoms with Crippen LogP contribution in [0.2, 0.25) is 0 Å². The number of nitrogens with one attached hydrogen (secondary N) is 3. The summed E-state index contributed by atoms with van der Waals surface area (Å²) in [6.07, 6.45) is 0.789. The molecule has 3 N–H and O–H groups in total. The molecule has 0 fully saturated rings. The molecule has 2 amide bonds.